The molecule has 2 heterocycles. The van der Waals surface area contributed by atoms with Crippen LogP contribution in [0.2, 0.25) is 0 Å². The van der Waals surface area contributed by atoms with Gasteiger partial charge in [0.15, 0.2) is 0 Å². The van der Waals surface area contributed by atoms with E-state index in [4.69, 9.17) is 0 Å². The smallest absolute Gasteiger partial charge is 0.321 e. The van der Waals surface area contributed by atoms with Crippen molar-refractivity contribution in [3.8, 4) is 0 Å². The number of likely N-dealkylation sites (tertiary alicyclic amines) is 2. The first-order valence-corrected chi connectivity index (χ1v) is 9.29. The van der Waals surface area contributed by atoms with Gasteiger partial charge in [0.1, 0.15) is 0 Å². The predicted molar refractivity (Wildman–Crippen MR) is 97.1 cm³/mol. The highest BCUT2D eigenvalue weighted by atomic mass is 16.2. The van der Waals surface area contributed by atoms with Crippen molar-refractivity contribution in [1.82, 2.24) is 20.4 Å². The second kappa shape index (κ2) is 8.97. The Kier molecular flexibility index (Phi) is 6.42. The van der Waals surface area contributed by atoms with Crippen LogP contribution in [0.1, 0.15) is 31.2 Å². The van der Waals surface area contributed by atoms with Gasteiger partial charge in [-0.1, -0.05) is 30.3 Å². The van der Waals surface area contributed by atoms with Gasteiger partial charge < -0.3 is 10.2 Å². The summed E-state index contributed by atoms with van der Waals surface area (Å²) in [6.07, 6.45) is 4.19. The van der Waals surface area contributed by atoms with Gasteiger partial charge in [0, 0.05) is 32.1 Å². The number of hydrogen-bond acceptors (Lipinski definition) is 4. The Balaban J connectivity index is 1.30. The zero-order valence-electron chi connectivity index (χ0n) is 14.7. The fourth-order valence-corrected chi connectivity index (χ4v) is 3.69. The van der Waals surface area contributed by atoms with E-state index in [1.807, 2.05) is 30.3 Å². The van der Waals surface area contributed by atoms with E-state index < -0.39 is 6.03 Å². The summed E-state index contributed by atoms with van der Waals surface area (Å²) < 4.78 is 0. The lowest BCUT2D eigenvalue weighted by molar-refractivity contribution is -0.120. The van der Waals surface area contributed by atoms with Crippen molar-refractivity contribution in [1.29, 1.82) is 0 Å². The molecule has 2 aliphatic rings. The van der Waals surface area contributed by atoms with Crippen LogP contribution >= 0.6 is 0 Å². The Morgan fingerprint density at radius 2 is 1.84 bits per heavy atom. The average molecular weight is 344 g/mol. The van der Waals surface area contributed by atoms with Gasteiger partial charge >= 0.3 is 6.03 Å². The summed E-state index contributed by atoms with van der Waals surface area (Å²) in [4.78, 5) is 28.7. The number of nitrogens with zero attached hydrogens (tertiary/aromatic N) is 2. The molecule has 2 saturated heterocycles. The van der Waals surface area contributed by atoms with Crippen molar-refractivity contribution in [3.05, 3.63) is 35.9 Å². The minimum absolute atomic E-state index is 0.213. The van der Waals surface area contributed by atoms with Gasteiger partial charge in [-0.15, -0.1) is 0 Å². The Bertz CT molecular complexity index is 572. The van der Waals surface area contributed by atoms with E-state index >= 15 is 0 Å². The highest BCUT2D eigenvalue weighted by molar-refractivity contribution is 5.94. The molecule has 2 N–H and O–H groups in total. The van der Waals surface area contributed by atoms with E-state index in [2.05, 4.69) is 20.4 Å². The molecule has 2 fully saturated rings. The van der Waals surface area contributed by atoms with Crippen LogP contribution in [0, 0.1) is 0 Å². The number of hydrogen-bond donors (Lipinski definition) is 2. The minimum Gasteiger partial charge on any atom is -0.334 e. The summed E-state index contributed by atoms with van der Waals surface area (Å²) >= 11 is 0. The van der Waals surface area contributed by atoms with Gasteiger partial charge in [0.05, 0.1) is 0 Å². The van der Waals surface area contributed by atoms with E-state index in [0.29, 0.717) is 19.0 Å². The van der Waals surface area contributed by atoms with Gasteiger partial charge in [-0.2, -0.15) is 0 Å². The van der Waals surface area contributed by atoms with Crippen molar-refractivity contribution in [3.63, 3.8) is 0 Å². The molecule has 0 bridgehead atoms. The van der Waals surface area contributed by atoms with Crippen molar-refractivity contribution < 1.29 is 9.59 Å². The monoisotopic (exact) mass is 344 g/mol. The molecule has 1 aromatic carbocycles. The molecule has 3 amide bonds. The molecule has 0 aliphatic carbocycles. The van der Waals surface area contributed by atoms with Gasteiger partial charge in [-0.25, -0.2) is 4.79 Å². The molecule has 3 rings (SSSR count). The number of carbonyl (C=O) groups excluding carboxylic acids is 2. The summed E-state index contributed by atoms with van der Waals surface area (Å²) in [7, 11) is 0. The number of urea groups is 1. The summed E-state index contributed by atoms with van der Waals surface area (Å²) in [5.41, 5.74) is 1.01. The standard InChI is InChI=1S/C19H28N4O2/c24-18(21-19(25)20-14-16-6-2-1-3-7-16)9-13-22-12-8-17(15-22)23-10-4-5-11-23/h1-3,6-7,17H,4-5,8-15H2,(H2,20,21,24,25). The molecule has 136 valence electrons. The quantitative estimate of drug-likeness (QED) is 0.822. The molecule has 6 nitrogen and oxygen atoms in total. The van der Waals surface area contributed by atoms with Crippen LogP contribution in [0.15, 0.2) is 30.3 Å². The Morgan fingerprint density at radius 1 is 1.08 bits per heavy atom. The first-order valence-electron chi connectivity index (χ1n) is 9.29. The van der Waals surface area contributed by atoms with Crippen LogP contribution in [-0.4, -0.2) is 60.5 Å². The van der Waals surface area contributed by atoms with E-state index in [0.717, 1.165) is 25.2 Å². The highest BCUT2D eigenvalue weighted by Gasteiger charge is 2.29. The maximum Gasteiger partial charge on any atom is 0.321 e. The lowest BCUT2D eigenvalue weighted by atomic mass is 10.2. The van der Waals surface area contributed by atoms with Crippen molar-refractivity contribution in [2.45, 2.75) is 38.3 Å². The summed E-state index contributed by atoms with van der Waals surface area (Å²) in [6.45, 7) is 5.69. The second-order valence-electron chi connectivity index (χ2n) is 6.95. The lowest BCUT2D eigenvalue weighted by Crippen LogP contribution is -2.40. The first-order chi connectivity index (χ1) is 12.2. The van der Waals surface area contributed by atoms with Crippen LogP contribution in [0.5, 0.6) is 0 Å². The third-order valence-electron chi connectivity index (χ3n) is 5.11. The van der Waals surface area contributed by atoms with Gasteiger partial charge in [0.2, 0.25) is 5.91 Å². The van der Waals surface area contributed by atoms with E-state index in [9.17, 15) is 9.59 Å². The predicted octanol–water partition coefficient (Wildman–Crippen LogP) is 1.57. The number of nitrogens with one attached hydrogen (secondary N) is 2. The Hall–Kier alpha value is -1.92. The Labute approximate surface area is 149 Å². The molecule has 1 unspecified atom stereocenters. The molecule has 0 saturated carbocycles. The summed E-state index contributed by atoms with van der Waals surface area (Å²) in [5.74, 6) is -0.213. The van der Waals surface area contributed by atoms with Crippen LogP contribution in [0.25, 0.3) is 0 Å². The van der Waals surface area contributed by atoms with E-state index in [1.165, 1.54) is 32.4 Å². The molecular weight excluding hydrogens is 316 g/mol. The largest absolute Gasteiger partial charge is 0.334 e. The molecular formula is C19H28N4O2. The van der Waals surface area contributed by atoms with Crippen LogP contribution in [0.3, 0.4) is 0 Å². The molecule has 0 aromatic heterocycles. The highest BCUT2D eigenvalue weighted by Crippen LogP contribution is 2.20. The maximum atomic E-state index is 12.0. The number of amides is 3. The fraction of sp³-hybridized carbons (Fsp3) is 0.579. The molecule has 0 radical (unpaired) electrons. The number of rotatable bonds is 6. The SMILES string of the molecule is O=C(CCN1CCC(N2CCCC2)C1)NC(=O)NCc1ccccc1. The molecule has 1 atom stereocenters. The van der Waals surface area contributed by atoms with Crippen LogP contribution < -0.4 is 10.6 Å². The molecule has 1 aromatic rings. The van der Waals surface area contributed by atoms with Crippen LogP contribution in [0.4, 0.5) is 4.79 Å². The third kappa shape index (κ3) is 5.54. The molecule has 6 heteroatoms. The van der Waals surface area contributed by atoms with Gasteiger partial charge in [-0.3, -0.25) is 15.0 Å². The normalized spacial score (nSPS) is 21.4. The van der Waals surface area contributed by atoms with E-state index in [-0.39, 0.29) is 5.91 Å². The zero-order valence-corrected chi connectivity index (χ0v) is 14.7. The number of imide groups is 1. The Morgan fingerprint density at radius 3 is 2.60 bits per heavy atom. The van der Waals surface area contributed by atoms with Crippen molar-refractivity contribution in [2.24, 2.45) is 0 Å². The maximum absolute atomic E-state index is 12.0. The first kappa shape index (κ1) is 17.9. The van der Waals surface area contributed by atoms with Gasteiger partial charge in [-0.05, 0) is 44.5 Å². The van der Waals surface area contributed by atoms with Crippen LogP contribution in [-0.2, 0) is 11.3 Å². The summed E-state index contributed by atoms with van der Waals surface area (Å²) in [6, 6.07) is 9.87. The third-order valence-corrected chi connectivity index (χ3v) is 5.11. The average Bonchev–Trinajstić information content (AvgIpc) is 3.30. The summed E-state index contributed by atoms with van der Waals surface area (Å²) in [5, 5.41) is 5.13. The van der Waals surface area contributed by atoms with E-state index in [1.54, 1.807) is 0 Å². The molecule has 0 spiro atoms. The lowest BCUT2D eigenvalue weighted by Gasteiger charge is -2.23. The minimum atomic E-state index is -0.426. The van der Waals surface area contributed by atoms with Gasteiger partial charge in [0.25, 0.3) is 0 Å². The second-order valence-corrected chi connectivity index (χ2v) is 6.95. The molecule has 25 heavy (non-hydrogen) atoms. The number of benzene rings is 1. The molecule has 2 aliphatic heterocycles. The van der Waals surface area contributed by atoms with Crippen molar-refractivity contribution >= 4 is 11.9 Å². The van der Waals surface area contributed by atoms with Crippen molar-refractivity contribution in [2.75, 3.05) is 32.7 Å². The number of carbonyl (C=O) groups is 2. The topological polar surface area (TPSA) is 64.7 Å². The fourth-order valence-electron chi connectivity index (χ4n) is 3.69. The zero-order chi connectivity index (χ0) is 17.5.